The fourth-order valence-electron chi connectivity index (χ4n) is 3.41. The standard InChI is InChI=1S/C20H23NO5S/c1-2-26-20(23)19(22)17-10-6-7-14-11-12-15(13-18(14)17)21-27(24,25)16-8-4-3-5-9-16/h3-10,15,19,21-22H,2,11-13H2,1H3. The highest BCUT2D eigenvalue weighted by molar-refractivity contribution is 7.89. The number of carbonyl (C=O) groups excluding carboxylic acids is 1. The van der Waals surface area contributed by atoms with E-state index >= 15 is 0 Å². The Kier molecular flexibility index (Phi) is 5.94. The Morgan fingerprint density at radius 3 is 2.67 bits per heavy atom. The van der Waals surface area contributed by atoms with Crippen LogP contribution in [-0.2, 0) is 32.4 Å². The second-order valence-corrected chi connectivity index (χ2v) is 8.23. The van der Waals surface area contributed by atoms with E-state index in [9.17, 15) is 18.3 Å². The van der Waals surface area contributed by atoms with Gasteiger partial charge in [-0.25, -0.2) is 17.9 Å². The van der Waals surface area contributed by atoms with Crippen LogP contribution in [0.5, 0.6) is 0 Å². The van der Waals surface area contributed by atoms with Crippen LogP contribution < -0.4 is 4.72 Å². The van der Waals surface area contributed by atoms with Gasteiger partial charge in [0.2, 0.25) is 10.0 Å². The molecule has 2 atom stereocenters. The predicted molar refractivity (Wildman–Crippen MR) is 101 cm³/mol. The molecule has 0 amide bonds. The van der Waals surface area contributed by atoms with Crippen molar-refractivity contribution in [1.82, 2.24) is 4.72 Å². The maximum atomic E-state index is 12.6. The van der Waals surface area contributed by atoms with Crippen LogP contribution in [0.3, 0.4) is 0 Å². The third-order valence-corrected chi connectivity index (χ3v) is 6.24. The molecule has 0 aromatic heterocycles. The van der Waals surface area contributed by atoms with Gasteiger partial charge in [0.1, 0.15) is 0 Å². The summed E-state index contributed by atoms with van der Waals surface area (Å²) in [6.45, 7) is 1.86. The van der Waals surface area contributed by atoms with Crippen LogP contribution in [0.25, 0.3) is 0 Å². The monoisotopic (exact) mass is 389 g/mol. The van der Waals surface area contributed by atoms with Gasteiger partial charge in [-0.3, -0.25) is 0 Å². The highest BCUT2D eigenvalue weighted by Gasteiger charge is 2.29. The fourth-order valence-corrected chi connectivity index (χ4v) is 4.70. The minimum Gasteiger partial charge on any atom is -0.464 e. The van der Waals surface area contributed by atoms with E-state index in [1.807, 2.05) is 6.07 Å². The molecule has 27 heavy (non-hydrogen) atoms. The van der Waals surface area contributed by atoms with Crippen molar-refractivity contribution in [2.75, 3.05) is 6.61 Å². The summed E-state index contributed by atoms with van der Waals surface area (Å²) in [6, 6.07) is 13.3. The van der Waals surface area contributed by atoms with Crippen molar-refractivity contribution in [2.24, 2.45) is 0 Å². The number of sulfonamides is 1. The van der Waals surface area contributed by atoms with Crippen molar-refractivity contribution in [3.63, 3.8) is 0 Å². The number of benzene rings is 2. The molecule has 2 unspecified atom stereocenters. The molecule has 0 aliphatic heterocycles. The number of nitrogens with one attached hydrogen (secondary N) is 1. The van der Waals surface area contributed by atoms with Crippen LogP contribution in [0.2, 0.25) is 0 Å². The SMILES string of the molecule is CCOC(=O)C(O)c1cccc2c1CC(NS(=O)(=O)c1ccccc1)CC2. The number of carbonyl (C=O) groups is 1. The van der Waals surface area contributed by atoms with E-state index in [1.165, 1.54) is 0 Å². The molecule has 1 aliphatic carbocycles. The number of rotatable bonds is 6. The summed E-state index contributed by atoms with van der Waals surface area (Å²) < 4.78 is 32.8. The first kappa shape index (κ1) is 19.5. The third kappa shape index (κ3) is 4.37. The molecule has 7 heteroatoms. The van der Waals surface area contributed by atoms with Gasteiger partial charge in [-0.15, -0.1) is 0 Å². The Morgan fingerprint density at radius 2 is 1.96 bits per heavy atom. The maximum Gasteiger partial charge on any atom is 0.339 e. The second kappa shape index (κ2) is 8.21. The summed E-state index contributed by atoms with van der Waals surface area (Å²) in [5, 5.41) is 10.4. The van der Waals surface area contributed by atoms with Crippen molar-refractivity contribution < 1.29 is 23.1 Å². The lowest BCUT2D eigenvalue weighted by molar-refractivity contribution is -0.153. The topological polar surface area (TPSA) is 92.7 Å². The second-order valence-electron chi connectivity index (χ2n) is 6.51. The van der Waals surface area contributed by atoms with E-state index in [2.05, 4.69) is 4.72 Å². The van der Waals surface area contributed by atoms with Gasteiger partial charge in [-0.2, -0.15) is 0 Å². The molecule has 0 radical (unpaired) electrons. The Balaban J connectivity index is 1.82. The molecule has 0 heterocycles. The lowest BCUT2D eigenvalue weighted by atomic mass is 9.84. The van der Waals surface area contributed by atoms with Gasteiger partial charge in [-0.1, -0.05) is 36.4 Å². The zero-order chi connectivity index (χ0) is 19.4. The van der Waals surface area contributed by atoms with E-state index in [1.54, 1.807) is 49.4 Å². The first-order chi connectivity index (χ1) is 12.9. The van der Waals surface area contributed by atoms with Crippen molar-refractivity contribution in [3.05, 3.63) is 65.2 Å². The van der Waals surface area contributed by atoms with Crippen LogP contribution >= 0.6 is 0 Å². The molecule has 2 N–H and O–H groups in total. The lowest BCUT2D eigenvalue weighted by Gasteiger charge is -2.28. The number of hydrogen-bond donors (Lipinski definition) is 2. The molecule has 6 nitrogen and oxygen atoms in total. The number of hydrogen-bond acceptors (Lipinski definition) is 5. The van der Waals surface area contributed by atoms with E-state index in [0.29, 0.717) is 24.8 Å². The smallest absolute Gasteiger partial charge is 0.339 e. The van der Waals surface area contributed by atoms with Gasteiger partial charge in [0.15, 0.2) is 6.10 Å². The number of esters is 1. The summed E-state index contributed by atoms with van der Waals surface area (Å²) in [5.74, 6) is -0.696. The zero-order valence-corrected chi connectivity index (χ0v) is 15.9. The molecule has 3 rings (SSSR count). The zero-order valence-electron chi connectivity index (χ0n) is 15.1. The van der Waals surface area contributed by atoms with Crippen molar-refractivity contribution in [2.45, 2.75) is 43.2 Å². The molecular formula is C20H23NO5S. The molecule has 2 aromatic rings. The average Bonchev–Trinajstić information content (AvgIpc) is 2.67. The summed E-state index contributed by atoms with van der Waals surface area (Å²) in [7, 11) is -3.62. The van der Waals surface area contributed by atoms with Gasteiger partial charge < -0.3 is 9.84 Å². The van der Waals surface area contributed by atoms with Gasteiger partial charge in [-0.05, 0) is 55.0 Å². The normalized spacial score (nSPS) is 17.8. The number of aryl methyl sites for hydroxylation is 1. The summed E-state index contributed by atoms with van der Waals surface area (Å²) in [4.78, 5) is 12.2. The third-order valence-electron chi connectivity index (χ3n) is 4.70. The van der Waals surface area contributed by atoms with E-state index in [-0.39, 0.29) is 17.5 Å². The molecule has 2 aromatic carbocycles. The summed E-state index contributed by atoms with van der Waals surface area (Å²) in [5.41, 5.74) is 2.31. The largest absolute Gasteiger partial charge is 0.464 e. The van der Waals surface area contributed by atoms with E-state index in [0.717, 1.165) is 11.1 Å². The number of aliphatic hydroxyl groups excluding tert-OH is 1. The van der Waals surface area contributed by atoms with Crippen LogP contribution in [0, 0.1) is 0 Å². The molecule has 0 bridgehead atoms. The Hall–Kier alpha value is -2.22. The lowest BCUT2D eigenvalue weighted by Crippen LogP contribution is -2.39. The van der Waals surface area contributed by atoms with E-state index < -0.39 is 22.1 Å². The predicted octanol–water partition coefficient (Wildman–Crippen LogP) is 2.12. The molecule has 0 saturated carbocycles. The Bertz CT molecular complexity index is 911. The molecule has 1 aliphatic rings. The first-order valence-electron chi connectivity index (χ1n) is 8.95. The van der Waals surface area contributed by atoms with E-state index in [4.69, 9.17) is 4.74 Å². The van der Waals surface area contributed by atoms with Gasteiger partial charge in [0.25, 0.3) is 0 Å². The van der Waals surface area contributed by atoms with Crippen LogP contribution in [0.1, 0.15) is 36.1 Å². The van der Waals surface area contributed by atoms with Gasteiger partial charge in [0.05, 0.1) is 11.5 Å². The quantitative estimate of drug-likeness (QED) is 0.739. The molecule has 144 valence electrons. The van der Waals surface area contributed by atoms with Gasteiger partial charge in [0, 0.05) is 6.04 Å². The summed E-state index contributed by atoms with van der Waals surface area (Å²) in [6.07, 6.45) is 0.358. The number of aliphatic hydroxyl groups is 1. The minimum atomic E-state index is -3.62. The Morgan fingerprint density at radius 1 is 1.22 bits per heavy atom. The maximum absolute atomic E-state index is 12.6. The number of fused-ring (bicyclic) bond motifs is 1. The first-order valence-corrected chi connectivity index (χ1v) is 10.4. The Labute approximate surface area is 159 Å². The average molecular weight is 389 g/mol. The minimum absolute atomic E-state index is 0.185. The summed E-state index contributed by atoms with van der Waals surface area (Å²) >= 11 is 0. The van der Waals surface area contributed by atoms with Crippen LogP contribution in [0.4, 0.5) is 0 Å². The highest BCUT2D eigenvalue weighted by Crippen LogP contribution is 2.29. The number of ether oxygens (including phenoxy) is 1. The van der Waals surface area contributed by atoms with Crippen LogP contribution in [-0.4, -0.2) is 32.1 Å². The van der Waals surface area contributed by atoms with Crippen molar-refractivity contribution in [1.29, 1.82) is 0 Å². The fraction of sp³-hybridized carbons (Fsp3) is 0.350. The highest BCUT2D eigenvalue weighted by atomic mass is 32.2. The van der Waals surface area contributed by atoms with Crippen molar-refractivity contribution in [3.8, 4) is 0 Å². The van der Waals surface area contributed by atoms with Crippen molar-refractivity contribution >= 4 is 16.0 Å². The molecular weight excluding hydrogens is 366 g/mol. The molecule has 0 saturated heterocycles. The van der Waals surface area contributed by atoms with Crippen LogP contribution in [0.15, 0.2) is 53.4 Å². The van der Waals surface area contributed by atoms with Gasteiger partial charge >= 0.3 is 5.97 Å². The molecule has 0 fully saturated rings. The molecule has 0 spiro atoms.